The van der Waals surface area contributed by atoms with Gasteiger partial charge in [-0.2, -0.15) is 0 Å². The molecule has 72 valence electrons. The number of hydrogen-bond donors (Lipinski definition) is 0. The van der Waals surface area contributed by atoms with E-state index < -0.39 is 28.4 Å². The van der Waals surface area contributed by atoms with Gasteiger partial charge in [-0.3, -0.25) is 0 Å². The zero-order valence-electron chi connectivity index (χ0n) is 6.65. The summed E-state index contributed by atoms with van der Waals surface area (Å²) in [6, 6.07) is 0. The molecule has 0 radical (unpaired) electrons. The Balaban J connectivity index is -0.000000500. The van der Waals surface area contributed by atoms with Gasteiger partial charge in [0.25, 0.3) is 0 Å². The van der Waals surface area contributed by atoms with Crippen LogP contribution in [0.15, 0.2) is 12.7 Å². The summed E-state index contributed by atoms with van der Waals surface area (Å²) in [5.41, 5.74) is 0. The van der Waals surface area contributed by atoms with E-state index in [0.29, 0.717) is 0 Å². The standard InChI is InChI=1S/C5H8O5S.CH4.K/c1-2-5(6)10-3-4-11(7,8)9;;/h2H,1,3-4H2,(H,7,8,9);1H4;/q;;+1/p-1. The molecule has 0 aromatic heterocycles. The topological polar surface area (TPSA) is 83.5 Å². The van der Waals surface area contributed by atoms with Crippen LogP contribution in [0.4, 0.5) is 0 Å². The second-order valence-corrected chi connectivity index (χ2v) is 3.16. The molecule has 0 bridgehead atoms. The number of carbonyl (C=O) groups excluding carboxylic acids is 1. The fourth-order valence-electron chi connectivity index (χ4n) is 0.303. The van der Waals surface area contributed by atoms with Crippen LogP contribution in [0.25, 0.3) is 0 Å². The van der Waals surface area contributed by atoms with Crippen LogP contribution in [0.1, 0.15) is 7.43 Å². The zero-order chi connectivity index (χ0) is 8.91. The van der Waals surface area contributed by atoms with Crippen molar-refractivity contribution in [2.24, 2.45) is 0 Å². The van der Waals surface area contributed by atoms with Gasteiger partial charge in [0.05, 0.1) is 15.9 Å². The molecule has 7 heteroatoms. The van der Waals surface area contributed by atoms with Crippen LogP contribution in [-0.2, 0) is 19.6 Å². The van der Waals surface area contributed by atoms with E-state index in [1.54, 1.807) is 0 Å². The van der Waals surface area contributed by atoms with Crippen molar-refractivity contribution in [1.29, 1.82) is 0 Å². The zero-order valence-corrected chi connectivity index (χ0v) is 10.6. The molecular weight excluding hydrogens is 223 g/mol. The molecule has 0 fully saturated rings. The van der Waals surface area contributed by atoms with Crippen molar-refractivity contribution < 1.29 is 73.9 Å². The van der Waals surface area contributed by atoms with Crippen molar-refractivity contribution in [1.82, 2.24) is 0 Å². The molecule has 0 aromatic carbocycles. The summed E-state index contributed by atoms with van der Waals surface area (Å²) >= 11 is 0. The van der Waals surface area contributed by atoms with Crippen molar-refractivity contribution in [2.45, 2.75) is 7.43 Å². The maximum atomic E-state index is 10.3. The predicted octanol–water partition coefficient (Wildman–Crippen LogP) is -3.10. The summed E-state index contributed by atoms with van der Waals surface area (Å²) in [7, 11) is -4.29. The number of ether oxygens (including phenoxy) is 1. The third kappa shape index (κ3) is 15.5. The summed E-state index contributed by atoms with van der Waals surface area (Å²) < 4.78 is 34.0. The van der Waals surface area contributed by atoms with E-state index in [4.69, 9.17) is 0 Å². The Kier molecular flexibility index (Phi) is 13.9. The van der Waals surface area contributed by atoms with Crippen LogP contribution in [0.2, 0.25) is 0 Å². The van der Waals surface area contributed by atoms with Crippen LogP contribution >= 0.6 is 0 Å². The maximum absolute atomic E-state index is 10.3. The molecule has 0 aliphatic heterocycles. The first-order valence-electron chi connectivity index (χ1n) is 2.68. The molecule has 13 heavy (non-hydrogen) atoms. The minimum absolute atomic E-state index is 0. The molecule has 0 saturated carbocycles. The second kappa shape index (κ2) is 9.32. The van der Waals surface area contributed by atoms with E-state index >= 15 is 0 Å². The average molecular weight is 234 g/mol. The van der Waals surface area contributed by atoms with Crippen LogP contribution in [0.3, 0.4) is 0 Å². The van der Waals surface area contributed by atoms with Crippen LogP contribution < -0.4 is 51.4 Å². The molecule has 0 heterocycles. The van der Waals surface area contributed by atoms with E-state index in [1.165, 1.54) is 0 Å². The molecular formula is C6H11KO5S. The fraction of sp³-hybridized carbons (Fsp3) is 0.500. The number of hydrogen-bond acceptors (Lipinski definition) is 5. The number of carbonyl (C=O) groups is 1. The first-order chi connectivity index (χ1) is 4.95. The van der Waals surface area contributed by atoms with Gasteiger partial charge in [0.15, 0.2) is 0 Å². The summed E-state index contributed by atoms with van der Waals surface area (Å²) in [4.78, 5) is 10.3. The van der Waals surface area contributed by atoms with Crippen LogP contribution in [0, 0.1) is 0 Å². The normalized spacial score (nSPS) is 9.00. The molecule has 0 rings (SSSR count). The van der Waals surface area contributed by atoms with Gasteiger partial charge in [0.1, 0.15) is 6.61 Å². The smallest absolute Gasteiger partial charge is 0.748 e. The summed E-state index contributed by atoms with van der Waals surface area (Å²) in [5, 5.41) is 0. The Morgan fingerprint density at radius 3 is 2.31 bits per heavy atom. The predicted molar refractivity (Wildman–Crippen MR) is 42.5 cm³/mol. The molecule has 0 N–H and O–H groups in total. The Morgan fingerprint density at radius 2 is 2.00 bits per heavy atom. The van der Waals surface area contributed by atoms with Gasteiger partial charge >= 0.3 is 57.4 Å². The van der Waals surface area contributed by atoms with Crippen LogP contribution in [0.5, 0.6) is 0 Å². The maximum Gasteiger partial charge on any atom is 1.00 e. The van der Waals surface area contributed by atoms with E-state index in [9.17, 15) is 17.8 Å². The first kappa shape index (κ1) is 19.3. The Hall–Kier alpha value is 0.756. The third-order valence-electron chi connectivity index (χ3n) is 0.744. The van der Waals surface area contributed by atoms with E-state index in [0.717, 1.165) is 6.08 Å². The van der Waals surface area contributed by atoms with Gasteiger partial charge in [0, 0.05) is 6.08 Å². The largest absolute Gasteiger partial charge is 1.00 e. The van der Waals surface area contributed by atoms with Crippen molar-refractivity contribution in [2.75, 3.05) is 12.4 Å². The Labute approximate surface area is 121 Å². The van der Waals surface area contributed by atoms with E-state index in [1.807, 2.05) is 0 Å². The monoisotopic (exact) mass is 234 g/mol. The number of rotatable bonds is 4. The Bertz CT molecular complexity index is 246. The molecule has 5 nitrogen and oxygen atoms in total. The van der Waals surface area contributed by atoms with Gasteiger partial charge in [-0.15, -0.1) is 0 Å². The van der Waals surface area contributed by atoms with Gasteiger partial charge in [-0.05, 0) is 0 Å². The molecule has 0 aliphatic rings. The molecule has 0 amide bonds. The van der Waals surface area contributed by atoms with Gasteiger partial charge in [-0.1, -0.05) is 14.0 Å². The molecule has 0 aliphatic carbocycles. The van der Waals surface area contributed by atoms with E-state index in [-0.39, 0.29) is 58.8 Å². The summed E-state index contributed by atoms with van der Waals surface area (Å²) in [5.74, 6) is -1.44. The molecule has 0 aromatic rings. The van der Waals surface area contributed by atoms with Crippen molar-refractivity contribution in [3.63, 3.8) is 0 Å². The summed E-state index contributed by atoms with van der Waals surface area (Å²) in [6.07, 6.45) is 0.886. The molecule has 0 spiro atoms. The first-order valence-corrected chi connectivity index (χ1v) is 4.26. The number of esters is 1. The molecule has 0 unspecified atom stereocenters. The molecule has 0 atom stereocenters. The van der Waals surface area contributed by atoms with Gasteiger partial charge in [-0.25, -0.2) is 13.2 Å². The van der Waals surface area contributed by atoms with Gasteiger partial charge in [0.2, 0.25) is 0 Å². The Morgan fingerprint density at radius 1 is 1.54 bits per heavy atom. The van der Waals surface area contributed by atoms with Gasteiger partial charge < -0.3 is 9.29 Å². The van der Waals surface area contributed by atoms with E-state index in [2.05, 4.69) is 11.3 Å². The third-order valence-corrected chi connectivity index (χ3v) is 1.41. The van der Waals surface area contributed by atoms with Crippen molar-refractivity contribution in [3.05, 3.63) is 12.7 Å². The SMILES string of the molecule is C.C=CC(=O)OCCS(=O)(=O)[O-].[K+]. The minimum Gasteiger partial charge on any atom is -0.748 e. The average Bonchev–Trinajstić information content (AvgIpc) is 1.85. The fourth-order valence-corrected chi connectivity index (χ4v) is 0.591. The quantitative estimate of drug-likeness (QED) is 0.223. The minimum atomic E-state index is -4.29. The van der Waals surface area contributed by atoms with Crippen molar-refractivity contribution >= 4 is 16.1 Å². The summed E-state index contributed by atoms with van der Waals surface area (Å²) in [6.45, 7) is 2.65. The second-order valence-electron chi connectivity index (χ2n) is 1.63. The van der Waals surface area contributed by atoms with Crippen LogP contribution in [-0.4, -0.2) is 31.3 Å². The van der Waals surface area contributed by atoms with Crippen molar-refractivity contribution in [3.8, 4) is 0 Å². The molecule has 0 saturated heterocycles.